The van der Waals surface area contributed by atoms with Crippen LogP contribution >= 0.6 is 0 Å². The molecule has 0 amide bonds. The van der Waals surface area contributed by atoms with Crippen LogP contribution in [0.25, 0.3) is 0 Å². The molecule has 0 aliphatic carbocycles. The largest absolute Gasteiger partial charge is 0.406 e. The second kappa shape index (κ2) is 4.50. The fourth-order valence-electron chi connectivity index (χ4n) is 1.32. The Morgan fingerprint density at radius 1 is 1.41 bits per heavy atom. The van der Waals surface area contributed by atoms with Crippen LogP contribution < -0.4 is 11.1 Å². The number of hydrogen-bond acceptors (Lipinski definition) is 5. The van der Waals surface area contributed by atoms with Gasteiger partial charge in [0.2, 0.25) is 5.89 Å². The fraction of sp³-hybridized carbons (Fsp3) is 0.273. The first-order chi connectivity index (χ1) is 8.06. The van der Waals surface area contributed by atoms with E-state index in [0.717, 1.165) is 0 Å². The third kappa shape index (κ3) is 2.59. The summed E-state index contributed by atoms with van der Waals surface area (Å²) < 4.78 is 18.3. The van der Waals surface area contributed by atoms with Crippen molar-refractivity contribution in [1.29, 1.82) is 0 Å². The number of halogens is 1. The van der Waals surface area contributed by atoms with Gasteiger partial charge >= 0.3 is 6.01 Å². The monoisotopic (exact) mass is 236 g/mol. The lowest BCUT2D eigenvalue weighted by atomic mass is 10.2. The molecule has 0 radical (unpaired) electrons. The van der Waals surface area contributed by atoms with E-state index in [1.54, 1.807) is 26.0 Å². The summed E-state index contributed by atoms with van der Waals surface area (Å²) in [5.74, 6) is 0.101. The molecule has 1 heterocycles. The van der Waals surface area contributed by atoms with Crippen molar-refractivity contribution in [1.82, 2.24) is 10.2 Å². The van der Waals surface area contributed by atoms with Crippen molar-refractivity contribution in [3.63, 3.8) is 0 Å². The predicted molar refractivity (Wildman–Crippen MR) is 61.3 cm³/mol. The molecular formula is C11H13FN4O. The molecular weight excluding hydrogens is 223 g/mol. The number of rotatable bonds is 3. The molecule has 0 fully saturated rings. The Labute approximate surface area is 97.8 Å². The van der Waals surface area contributed by atoms with Crippen LogP contribution in [-0.4, -0.2) is 10.2 Å². The standard InChI is InChI=1S/C11H13FN4O/c1-6-5-8(3-4-9(6)12)14-11-16-15-10(17-11)7(2)13/h3-5,7H,13H2,1-2H3,(H,14,16). The average molecular weight is 236 g/mol. The van der Waals surface area contributed by atoms with Crippen molar-refractivity contribution in [2.24, 2.45) is 5.73 Å². The van der Waals surface area contributed by atoms with Gasteiger partial charge in [-0.25, -0.2) is 4.39 Å². The van der Waals surface area contributed by atoms with E-state index in [9.17, 15) is 4.39 Å². The first-order valence-corrected chi connectivity index (χ1v) is 5.18. The number of nitrogens with two attached hydrogens (primary N) is 1. The van der Waals surface area contributed by atoms with Crippen LogP contribution in [0.4, 0.5) is 16.1 Å². The topological polar surface area (TPSA) is 77.0 Å². The van der Waals surface area contributed by atoms with E-state index >= 15 is 0 Å². The summed E-state index contributed by atoms with van der Waals surface area (Å²) in [7, 11) is 0. The van der Waals surface area contributed by atoms with Gasteiger partial charge in [0.05, 0.1) is 6.04 Å². The first kappa shape index (κ1) is 11.5. The molecule has 2 aromatic rings. The van der Waals surface area contributed by atoms with Crippen molar-refractivity contribution in [2.75, 3.05) is 5.32 Å². The van der Waals surface area contributed by atoms with Gasteiger partial charge in [-0.15, -0.1) is 5.10 Å². The molecule has 0 bridgehead atoms. The van der Waals surface area contributed by atoms with Gasteiger partial charge in [-0.05, 0) is 37.6 Å². The highest BCUT2D eigenvalue weighted by Crippen LogP contribution is 2.19. The van der Waals surface area contributed by atoms with Gasteiger partial charge in [0, 0.05) is 5.69 Å². The summed E-state index contributed by atoms with van der Waals surface area (Å²) in [6.45, 7) is 3.43. The minimum Gasteiger partial charge on any atom is -0.406 e. The van der Waals surface area contributed by atoms with Crippen molar-refractivity contribution < 1.29 is 8.81 Å². The molecule has 0 saturated heterocycles. The maximum atomic E-state index is 13.1. The summed E-state index contributed by atoms with van der Waals surface area (Å²) in [4.78, 5) is 0. The van der Waals surface area contributed by atoms with Crippen molar-refractivity contribution in [2.45, 2.75) is 19.9 Å². The fourth-order valence-corrected chi connectivity index (χ4v) is 1.32. The highest BCUT2D eigenvalue weighted by molar-refractivity contribution is 5.53. The number of nitrogens with zero attached hydrogens (tertiary/aromatic N) is 2. The number of hydrogen-bond donors (Lipinski definition) is 2. The molecule has 1 atom stereocenters. The van der Waals surface area contributed by atoms with E-state index in [1.807, 2.05) is 0 Å². The van der Waals surface area contributed by atoms with Gasteiger partial charge < -0.3 is 15.5 Å². The zero-order chi connectivity index (χ0) is 12.4. The Morgan fingerprint density at radius 2 is 2.18 bits per heavy atom. The summed E-state index contributed by atoms with van der Waals surface area (Å²) in [6.07, 6.45) is 0. The minimum atomic E-state index is -0.312. The van der Waals surface area contributed by atoms with Crippen molar-refractivity contribution >= 4 is 11.7 Å². The summed E-state index contributed by atoms with van der Waals surface area (Å²) >= 11 is 0. The van der Waals surface area contributed by atoms with Crippen LogP contribution in [-0.2, 0) is 0 Å². The smallest absolute Gasteiger partial charge is 0.320 e. The van der Waals surface area contributed by atoms with E-state index in [2.05, 4.69) is 15.5 Å². The maximum Gasteiger partial charge on any atom is 0.320 e. The molecule has 17 heavy (non-hydrogen) atoms. The third-order valence-corrected chi connectivity index (χ3v) is 2.24. The number of aromatic nitrogens is 2. The molecule has 3 N–H and O–H groups in total. The normalized spacial score (nSPS) is 12.5. The lowest BCUT2D eigenvalue weighted by Crippen LogP contribution is -2.04. The number of benzene rings is 1. The summed E-state index contributed by atoms with van der Waals surface area (Å²) in [6, 6.07) is 4.56. The van der Waals surface area contributed by atoms with Crippen LogP contribution in [0.5, 0.6) is 0 Å². The predicted octanol–water partition coefficient (Wildman–Crippen LogP) is 2.28. The number of aryl methyl sites for hydroxylation is 1. The average Bonchev–Trinajstić information content (AvgIpc) is 2.72. The second-order valence-electron chi connectivity index (χ2n) is 3.82. The molecule has 1 aromatic carbocycles. The zero-order valence-electron chi connectivity index (χ0n) is 9.57. The lowest BCUT2D eigenvalue weighted by Gasteiger charge is -2.03. The van der Waals surface area contributed by atoms with E-state index in [0.29, 0.717) is 17.1 Å². The van der Waals surface area contributed by atoms with Crippen LogP contribution in [0.3, 0.4) is 0 Å². The number of anilines is 2. The highest BCUT2D eigenvalue weighted by Gasteiger charge is 2.10. The molecule has 6 heteroatoms. The quantitative estimate of drug-likeness (QED) is 0.854. The van der Waals surface area contributed by atoms with Crippen LogP contribution in [0, 0.1) is 12.7 Å². The maximum absolute atomic E-state index is 13.1. The van der Waals surface area contributed by atoms with E-state index in [1.165, 1.54) is 6.07 Å². The van der Waals surface area contributed by atoms with E-state index < -0.39 is 0 Å². The van der Waals surface area contributed by atoms with Gasteiger partial charge in [0.1, 0.15) is 5.82 Å². The van der Waals surface area contributed by atoms with Gasteiger partial charge in [0.25, 0.3) is 0 Å². The Balaban J connectivity index is 2.16. The second-order valence-corrected chi connectivity index (χ2v) is 3.82. The molecule has 5 nitrogen and oxygen atoms in total. The SMILES string of the molecule is Cc1cc(Nc2nnc(C(C)N)o2)ccc1F. The molecule has 0 saturated carbocycles. The molecule has 90 valence electrons. The summed E-state index contributed by atoms with van der Waals surface area (Å²) in [5, 5.41) is 10.4. The Kier molecular flexibility index (Phi) is 3.06. The molecule has 2 rings (SSSR count). The Hall–Kier alpha value is -1.95. The van der Waals surface area contributed by atoms with Crippen LogP contribution in [0.15, 0.2) is 22.6 Å². The minimum absolute atomic E-state index is 0.239. The van der Waals surface area contributed by atoms with E-state index in [-0.39, 0.29) is 17.9 Å². The van der Waals surface area contributed by atoms with Crippen molar-refractivity contribution in [3.05, 3.63) is 35.5 Å². The molecule has 1 unspecified atom stereocenters. The van der Waals surface area contributed by atoms with Gasteiger partial charge in [0.15, 0.2) is 0 Å². The van der Waals surface area contributed by atoms with Gasteiger partial charge in [-0.2, -0.15) is 0 Å². The third-order valence-electron chi connectivity index (χ3n) is 2.24. The highest BCUT2D eigenvalue weighted by atomic mass is 19.1. The first-order valence-electron chi connectivity index (χ1n) is 5.18. The zero-order valence-corrected chi connectivity index (χ0v) is 9.57. The molecule has 0 aliphatic rings. The number of nitrogens with one attached hydrogen (secondary N) is 1. The summed E-state index contributed by atoms with van der Waals surface area (Å²) in [5.41, 5.74) is 6.82. The Morgan fingerprint density at radius 3 is 2.76 bits per heavy atom. The van der Waals surface area contributed by atoms with Crippen molar-refractivity contribution in [3.8, 4) is 0 Å². The molecule has 1 aromatic heterocycles. The van der Waals surface area contributed by atoms with Crippen LogP contribution in [0.2, 0.25) is 0 Å². The molecule has 0 spiro atoms. The van der Waals surface area contributed by atoms with Gasteiger partial charge in [-0.1, -0.05) is 5.10 Å². The van der Waals surface area contributed by atoms with Gasteiger partial charge in [-0.3, -0.25) is 0 Å². The molecule has 0 aliphatic heterocycles. The van der Waals surface area contributed by atoms with E-state index in [4.69, 9.17) is 10.2 Å². The Bertz CT molecular complexity index is 524. The van der Waals surface area contributed by atoms with Crippen LogP contribution in [0.1, 0.15) is 24.4 Å². The lowest BCUT2D eigenvalue weighted by molar-refractivity contribution is 0.475.